The summed E-state index contributed by atoms with van der Waals surface area (Å²) in [5, 5.41) is 91.0. The van der Waals surface area contributed by atoms with Crippen molar-refractivity contribution in [2.45, 2.75) is 80.0 Å². The van der Waals surface area contributed by atoms with Gasteiger partial charge in [-0.05, 0) is 59.9 Å². The van der Waals surface area contributed by atoms with E-state index in [0.717, 1.165) is 11.1 Å². The van der Waals surface area contributed by atoms with Gasteiger partial charge in [0.2, 0.25) is 0 Å². The fraction of sp³-hybridized carbons (Fsp3) is 0.484. The SMILES string of the molecule is CC1(O)c2cc(C#C[C@H]3O[C@H](CO)[C@@H](O)[C@H](O)[C@@H]3O)ccc2-c2ccc(C#C[C@H]3O[C@H](CCO)[C@@H](O)[C@H](O)[C@@H]3O)cc21. The van der Waals surface area contributed by atoms with Gasteiger partial charge in [-0.25, -0.2) is 0 Å². The molecule has 0 radical (unpaired) electrons. The van der Waals surface area contributed by atoms with Crippen LogP contribution >= 0.6 is 0 Å². The second-order valence-corrected chi connectivity index (χ2v) is 11.0. The van der Waals surface area contributed by atoms with E-state index in [1.54, 1.807) is 37.3 Å². The molecule has 5 rings (SSSR count). The molecule has 3 aliphatic rings. The van der Waals surface area contributed by atoms with Crippen LogP contribution in [0.2, 0.25) is 0 Å². The predicted molar refractivity (Wildman–Crippen MR) is 146 cm³/mol. The summed E-state index contributed by atoms with van der Waals surface area (Å²) in [6, 6.07) is 10.5. The Kier molecular flexibility index (Phi) is 8.75. The van der Waals surface area contributed by atoms with Crippen molar-refractivity contribution in [3.63, 3.8) is 0 Å². The number of rotatable bonds is 3. The average Bonchev–Trinajstić information content (AvgIpc) is 3.20. The van der Waals surface area contributed by atoms with Gasteiger partial charge in [0.1, 0.15) is 60.5 Å². The van der Waals surface area contributed by atoms with Crippen LogP contribution in [0.15, 0.2) is 36.4 Å². The zero-order chi connectivity index (χ0) is 30.3. The van der Waals surface area contributed by atoms with Crippen LogP contribution in [0.3, 0.4) is 0 Å². The van der Waals surface area contributed by atoms with Gasteiger partial charge in [0.15, 0.2) is 0 Å². The van der Waals surface area contributed by atoms with E-state index in [0.29, 0.717) is 22.3 Å². The lowest BCUT2D eigenvalue weighted by Crippen LogP contribution is -2.58. The van der Waals surface area contributed by atoms with Crippen LogP contribution in [0.1, 0.15) is 35.6 Å². The van der Waals surface area contributed by atoms with Crippen molar-refractivity contribution < 1.29 is 55.4 Å². The standard InChI is InChI=1S/C31H34O11/c1-31(40)19-12-15(4-8-21-25(34)29(38)27(36)23(41-21)10-11-32)2-6-17(19)18-7-3-16(13-20(18)31)5-9-22-26(35)30(39)28(37)24(14-33)42-22/h2-3,6-7,12-13,21-30,32-40H,10-11,14H2,1H3/t21-,22-,23-,24-,25-,26-,27-,28-,29-,30-,31?/m1/s1. The van der Waals surface area contributed by atoms with Gasteiger partial charge in [-0.3, -0.25) is 0 Å². The first kappa shape index (κ1) is 30.6. The van der Waals surface area contributed by atoms with Gasteiger partial charge in [0.25, 0.3) is 0 Å². The van der Waals surface area contributed by atoms with E-state index in [1.807, 2.05) is 6.07 Å². The van der Waals surface area contributed by atoms with E-state index in [-0.39, 0.29) is 13.0 Å². The molecule has 0 spiro atoms. The van der Waals surface area contributed by atoms with Crippen LogP contribution in [0.4, 0.5) is 0 Å². The molecule has 2 aliphatic heterocycles. The van der Waals surface area contributed by atoms with Gasteiger partial charge < -0.3 is 55.4 Å². The quantitative estimate of drug-likeness (QED) is 0.176. The van der Waals surface area contributed by atoms with Gasteiger partial charge in [0.05, 0.1) is 12.7 Å². The maximum atomic E-state index is 11.6. The molecule has 2 aromatic rings. The molecule has 9 N–H and O–H groups in total. The fourth-order valence-electron chi connectivity index (χ4n) is 5.63. The summed E-state index contributed by atoms with van der Waals surface area (Å²) in [6.07, 6.45) is -12.9. The summed E-state index contributed by atoms with van der Waals surface area (Å²) in [6.45, 7) is 0.806. The molecule has 0 bridgehead atoms. The largest absolute Gasteiger partial charge is 0.396 e. The second-order valence-electron chi connectivity index (χ2n) is 11.0. The topological polar surface area (TPSA) is 201 Å². The highest BCUT2D eigenvalue weighted by molar-refractivity contribution is 5.81. The van der Waals surface area contributed by atoms with Gasteiger partial charge in [-0.15, -0.1) is 0 Å². The summed E-state index contributed by atoms with van der Waals surface area (Å²) in [5.74, 6) is 11.3. The average molecular weight is 583 g/mol. The number of benzene rings is 2. The molecule has 11 atom stereocenters. The normalized spacial score (nSPS) is 37.1. The summed E-state index contributed by atoms with van der Waals surface area (Å²) < 4.78 is 11.1. The number of hydrogen-bond acceptors (Lipinski definition) is 11. The lowest BCUT2D eigenvalue weighted by atomic mass is 9.91. The van der Waals surface area contributed by atoms with Crippen LogP contribution in [-0.4, -0.2) is 120 Å². The molecule has 224 valence electrons. The third kappa shape index (κ3) is 5.47. The van der Waals surface area contributed by atoms with Crippen LogP contribution in [0.5, 0.6) is 0 Å². The molecule has 2 saturated heterocycles. The summed E-state index contributed by atoms with van der Waals surface area (Å²) in [7, 11) is 0. The predicted octanol–water partition coefficient (Wildman–Crippen LogP) is -2.30. The number of hydrogen-bond donors (Lipinski definition) is 9. The molecule has 11 heteroatoms. The van der Waals surface area contributed by atoms with Crippen LogP contribution in [0, 0.1) is 23.7 Å². The van der Waals surface area contributed by atoms with E-state index >= 15 is 0 Å². The van der Waals surface area contributed by atoms with E-state index < -0.39 is 73.2 Å². The van der Waals surface area contributed by atoms with E-state index in [2.05, 4.69) is 23.7 Å². The Balaban J connectivity index is 1.38. The molecular weight excluding hydrogens is 548 g/mol. The molecule has 0 aromatic heterocycles. The first-order chi connectivity index (χ1) is 20.0. The van der Waals surface area contributed by atoms with Gasteiger partial charge in [-0.1, -0.05) is 35.8 Å². The van der Waals surface area contributed by atoms with Crippen molar-refractivity contribution in [1.82, 2.24) is 0 Å². The van der Waals surface area contributed by atoms with Crippen molar-refractivity contribution in [2.24, 2.45) is 0 Å². The Labute approximate surface area is 242 Å². The van der Waals surface area contributed by atoms with E-state index in [9.17, 15) is 46.0 Å². The molecule has 2 fully saturated rings. The lowest BCUT2D eigenvalue weighted by Gasteiger charge is -2.38. The summed E-state index contributed by atoms with van der Waals surface area (Å²) in [4.78, 5) is 0. The van der Waals surface area contributed by atoms with E-state index in [1.165, 1.54) is 0 Å². The third-order valence-electron chi connectivity index (χ3n) is 8.11. The highest BCUT2D eigenvalue weighted by Crippen LogP contribution is 2.47. The molecule has 11 nitrogen and oxygen atoms in total. The molecule has 2 aromatic carbocycles. The third-order valence-corrected chi connectivity index (χ3v) is 8.11. The molecule has 42 heavy (non-hydrogen) atoms. The minimum Gasteiger partial charge on any atom is -0.396 e. The summed E-state index contributed by atoms with van der Waals surface area (Å²) in [5.41, 5.74) is 2.32. The Morgan fingerprint density at radius 2 is 1.12 bits per heavy atom. The molecular formula is C31H34O11. The second kappa shape index (κ2) is 12.0. The monoisotopic (exact) mass is 582 g/mol. The summed E-state index contributed by atoms with van der Waals surface area (Å²) >= 11 is 0. The number of aliphatic hydroxyl groups excluding tert-OH is 8. The minimum absolute atomic E-state index is 0.0674. The molecule has 0 amide bonds. The molecule has 0 saturated carbocycles. The van der Waals surface area contributed by atoms with E-state index in [4.69, 9.17) is 9.47 Å². The number of ether oxygens (including phenoxy) is 2. The van der Waals surface area contributed by atoms with Crippen LogP contribution in [0.25, 0.3) is 11.1 Å². The smallest absolute Gasteiger partial charge is 0.147 e. The highest BCUT2D eigenvalue weighted by atomic mass is 16.5. The van der Waals surface area contributed by atoms with Crippen molar-refractivity contribution >= 4 is 0 Å². The van der Waals surface area contributed by atoms with Crippen molar-refractivity contribution in [2.75, 3.05) is 13.2 Å². The molecule has 1 unspecified atom stereocenters. The van der Waals surface area contributed by atoms with Crippen molar-refractivity contribution in [3.05, 3.63) is 58.7 Å². The molecule has 1 aliphatic carbocycles. The maximum Gasteiger partial charge on any atom is 0.147 e. The Morgan fingerprint density at radius 3 is 1.57 bits per heavy atom. The minimum atomic E-state index is -1.53. The Hall–Kier alpha value is -2.88. The van der Waals surface area contributed by atoms with Crippen molar-refractivity contribution in [3.8, 4) is 34.8 Å². The first-order valence-electron chi connectivity index (χ1n) is 13.6. The first-order valence-corrected chi connectivity index (χ1v) is 13.6. The highest BCUT2D eigenvalue weighted by Gasteiger charge is 2.44. The maximum absolute atomic E-state index is 11.6. The zero-order valence-electron chi connectivity index (χ0n) is 22.7. The van der Waals surface area contributed by atoms with Crippen LogP contribution in [-0.2, 0) is 15.1 Å². The lowest BCUT2D eigenvalue weighted by molar-refractivity contribution is -0.214. The zero-order valence-corrected chi connectivity index (χ0v) is 22.7. The molecule has 2 heterocycles. The van der Waals surface area contributed by atoms with Gasteiger partial charge in [0, 0.05) is 17.7 Å². The Bertz CT molecular complexity index is 1430. The van der Waals surface area contributed by atoms with Crippen molar-refractivity contribution in [1.29, 1.82) is 0 Å². The number of aliphatic hydroxyl groups is 9. The van der Waals surface area contributed by atoms with Gasteiger partial charge in [-0.2, -0.15) is 0 Å². The fourth-order valence-corrected chi connectivity index (χ4v) is 5.63. The van der Waals surface area contributed by atoms with Gasteiger partial charge >= 0.3 is 0 Å². The number of fused-ring (bicyclic) bond motifs is 3. The Morgan fingerprint density at radius 1 is 0.667 bits per heavy atom. The van der Waals surface area contributed by atoms with Crippen LogP contribution < -0.4 is 0 Å².